The minimum Gasteiger partial charge on any atom is -0.358 e. The summed E-state index contributed by atoms with van der Waals surface area (Å²) in [5.41, 5.74) is -0.0483. The van der Waals surface area contributed by atoms with Crippen LogP contribution in [0.1, 0.15) is 29.8 Å². The molecule has 0 saturated heterocycles. The van der Waals surface area contributed by atoms with Crippen molar-refractivity contribution in [2.45, 2.75) is 26.1 Å². The molecule has 0 radical (unpaired) electrons. The number of hydrogen-bond donors (Lipinski definition) is 1. The Balaban J connectivity index is 2.26. The molecule has 2 rings (SSSR count). The number of aryl methyl sites for hydroxylation is 2. The normalized spacial score (nSPS) is 13.0. The average molecular weight is 328 g/mol. The molecular formula is C14H15F3N4O2. The summed E-state index contributed by atoms with van der Waals surface area (Å²) in [6.07, 6.45) is -4.40. The number of halogens is 3. The van der Waals surface area contributed by atoms with E-state index in [9.17, 15) is 23.3 Å². The molecule has 1 N–H and O–H groups in total. The summed E-state index contributed by atoms with van der Waals surface area (Å²) in [7, 11) is 1.56. The van der Waals surface area contributed by atoms with Gasteiger partial charge in [0.25, 0.3) is 0 Å². The SMILES string of the molecule is Cc1nn(C)c(N[C@H](C)c2ccc(C(F)(F)F)cc2)c1[N+](=O)[O-]. The summed E-state index contributed by atoms with van der Waals surface area (Å²) in [4.78, 5) is 10.6. The molecule has 1 aromatic heterocycles. The van der Waals surface area contributed by atoms with Crippen LogP contribution in [0, 0.1) is 17.0 Å². The summed E-state index contributed by atoms with van der Waals surface area (Å²) >= 11 is 0. The largest absolute Gasteiger partial charge is 0.416 e. The first-order chi connectivity index (χ1) is 10.6. The molecule has 1 aromatic carbocycles. The summed E-state index contributed by atoms with van der Waals surface area (Å²) in [5, 5.41) is 18.0. The van der Waals surface area contributed by atoms with Crippen LogP contribution in [0.4, 0.5) is 24.7 Å². The van der Waals surface area contributed by atoms with Crippen molar-refractivity contribution in [3.63, 3.8) is 0 Å². The molecule has 0 unspecified atom stereocenters. The van der Waals surface area contributed by atoms with E-state index in [1.807, 2.05) is 0 Å². The molecule has 0 aliphatic rings. The van der Waals surface area contributed by atoms with Crippen molar-refractivity contribution < 1.29 is 18.1 Å². The van der Waals surface area contributed by atoms with E-state index < -0.39 is 22.7 Å². The zero-order valence-electron chi connectivity index (χ0n) is 12.7. The summed E-state index contributed by atoms with van der Waals surface area (Å²) in [5.74, 6) is 0.208. The highest BCUT2D eigenvalue weighted by molar-refractivity contribution is 5.60. The Morgan fingerprint density at radius 3 is 2.35 bits per heavy atom. The van der Waals surface area contributed by atoms with E-state index >= 15 is 0 Å². The first-order valence-corrected chi connectivity index (χ1v) is 6.73. The Bertz CT molecular complexity index is 723. The number of benzene rings is 1. The number of nitrogens with one attached hydrogen (secondary N) is 1. The summed E-state index contributed by atoms with van der Waals surface area (Å²) in [6, 6.07) is 4.23. The molecule has 9 heteroatoms. The lowest BCUT2D eigenvalue weighted by molar-refractivity contribution is -0.384. The van der Waals surface area contributed by atoms with Crippen molar-refractivity contribution in [3.8, 4) is 0 Å². The van der Waals surface area contributed by atoms with Gasteiger partial charge in [0, 0.05) is 7.05 Å². The molecule has 0 bridgehead atoms. The Labute approximate surface area is 130 Å². The van der Waals surface area contributed by atoms with E-state index in [4.69, 9.17) is 0 Å². The molecule has 0 amide bonds. The number of nitrogens with zero attached hydrogens (tertiary/aromatic N) is 3. The highest BCUT2D eigenvalue weighted by Crippen LogP contribution is 2.32. The van der Waals surface area contributed by atoms with Crippen LogP contribution in [0.15, 0.2) is 24.3 Å². The van der Waals surface area contributed by atoms with Crippen molar-refractivity contribution in [2.24, 2.45) is 7.05 Å². The quantitative estimate of drug-likeness (QED) is 0.684. The van der Waals surface area contributed by atoms with Gasteiger partial charge in [-0.3, -0.25) is 10.1 Å². The van der Waals surface area contributed by atoms with Crippen LogP contribution in [0.3, 0.4) is 0 Å². The lowest BCUT2D eigenvalue weighted by atomic mass is 10.1. The maximum atomic E-state index is 12.6. The Morgan fingerprint density at radius 2 is 1.87 bits per heavy atom. The molecule has 0 fully saturated rings. The van der Waals surface area contributed by atoms with Crippen molar-refractivity contribution in [1.29, 1.82) is 0 Å². The number of rotatable bonds is 4. The van der Waals surface area contributed by atoms with E-state index in [0.717, 1.165) is 12.1 Å². The maximum absolute atomic E-state index is 12.6. The second-order valence-electron chi connectivity index (χ2n) is 5.15. The fraction of sp³-hybridized carbons (Fsp3) is 0.357. The fourth-order valence-electron chi connectivity index (χ4n) is 2.28. The van der Waals surface area contributed by atoms with Crippen LogP contribution < -0.4 is 5.32 Å². The van der Waals surface area contributed by atoms with Crippen molar-refractivity contribution in [1.82, 2.24) is 9.78 Å². The van der Waals surface area contributed by atoms with Crippen molar-refractivity contribution in [2.75, 3.05) is 5.32 Å². The predicted octanol–water partition coefficient (Wildman–Crippen LogP) is 3.83. The zero-order chi connectivity index (χ0) is 17.4. The maximum Gasteiger partial charge on any atom is 0.416 e. The Kier molecular flexibility index (Phi) is 4.31. The van der Waals surface area contributed by atoms with E-state index in [1.165, 1.54) is 23.7 Å². The third-order valence-electron chi connectivity index (χ3n) is 3.46. The van der Waals surface area contributed by atoms with Crippen molar-refractivity contribution >= 4 is 11.5 Å². The fourth-order valence-corrected chi connectivity index (χ4v) is 2.28. The lowest BCUT2D eigenvalue weighted by Gasteiger charge is -2.16. The Hall–Kier alpha value is -2.58. The number of nitro groups is 1. The minimum atomic E-state index is -4.40. The van der Waals surface area contributed by atoms with Gasteiger partial charge in [-0.05, 0) is 31.5 Å². The standard InChI is InChI=1S/C14H15F3N4O2/c1-8(10-4-6-11(7-5-10)14(15,16)17)18-13-12(21(22)23)9(2)19-20(13)3/h4-8,18H,1-3H3/t8-/m1/s1. The van der Waals surface area contributed by atoms with E-state index in [2.05, 4.69) is 10.4 Å². The average Bonchev–Trinajstić information content (AvgIpc) is 2.72. The Morgan fingerprint density at radius 1 is 1.30 bits per heavy atom. The van der Waals surface area contributed by atoms with Crippen molar-refractivity contribution in [3.05, 3.63) is 51.2 Å². The molecule has 23 heavy (non-hydrogen) atoms. The van der Waals surface area contributed by atoms with Gasteiger partial charge in [-0.1, -0.05) is 12.1 Å². The summed E-state index contributed by atoms with van der Waals surface area (Å²) < 4.78 is 39.0. The van der Waals surface area contributed by atoms with E-state index in [1.54, 1.807) is 14.0 Å². The van der Waals surface area contributed by atoms with Crippen LogP contribution >= 0.6 is 0 Å². The van der Waals surface area contributed by atoms with Crippen LogP contribution in [0.5, 0.6) is 0 Å². The van der Waals surface area contributed by atoms with Gasteiger partial charge in [0.05, 0.1) is 16.5 Å². The van der Waals surface area contributed by atoms with Gasteiger partial charge in [-0.25, -0.2) is 4.68 Å². The van der Waals surface area contributed by atoms with Gasteiger partial charge >= 0.3 is 11.9 Å². The van der Waals surface area contributed by atoms with E-state index in [0.29, 0.717) is 5.56 Å². The number of alkyl halides is 3. The molecule has 1 heterocycles. The van der Waals surface area contributed by atoms with Crippen LogP contribution in [-0.4, -0.2) is 14.7 Å². The molecule has 0 aliphatic carbocycles. The van der Waals surface area contributed by atoms with Gasteiger partial charge < -0.3 is 5.32 Å². The second kappa shape index (κ2) is 5.90. The molecule has 124 valence electrons. The van der Waals surface area contributed by atoms with Gasteiger partial charge in [-0.15, -0.1) is 0 Å². The van der Waals surface area contributed by atoms with E-state index in [-0.39, 0.29) is 17.2 Å². The predicted molar refractivity (Wildman–Crippen MR) is 78.1 cm³/mol. The zero-order valence-corrected chi connectivity index (χ0v) is 12.7. The molecule has 0 aliphatic heterocycles. The van der Waals surface area contributed by atoms with Crippen LogP contribution in [-0.2, 0) is 13.2 Å². The first kappa shape index (κ1) is 16.8. The highest BCUT2D eigenvalue weighted by Gasteiger charge is 2.30. The van der Waals surface area contributed by atoms with Gasteiger partial charge in [0.1, 0.15) is 5.69 Å². The number of hydrogen-bond acceptors (Lipinski definition) is 4. The third kappa shape index (κ3) is 3.43. The molecule has 1 atom stereocenters. The smallest absolute Gasteiger partial charge is 0.358 e. The van der Waals surface area contributed by atoms with Crippen LogP contribution in [0.25, 0.3) is 0 Å². The molecule has 6 nitrogen and oxygen atoms in total. The third-order valence-corrected chi connectivity index (χ3v) is 3.46. The second-order valence-corrected chi connectivity index (χ2v) is 5.15. The monoisotopic (exact) mass is 328 g/mol. The highest BCUT2D eigenvalue weighted by atomic mass is 19.4. The van der Waals surface area contributed by atoms with Gasteiger partial charge in [0.15, 0.2) is 0 Å². The molecule has 2 aromatic rings. The van der Waals surface area contributed by atoms with Gasteiger partial charge in [-0.2, -0.15) is 18.3 Å². The lowest BCUT2D eigenvalue weighted by Crippen LogP contribution is -2.12. The first-order valence-electron chi connectivity index (χ1n) is 6.73. The summed E-state index contributed by atoms with van der Waals surface area (Å²) in [6.45, 7) is 3.22. The number of anilines is 1. The van der Waals surface area contributed by atoms with Gasteiger partial charge in [0.2, 0.25) is 5.82 Å². The molecular weight excluding hydrogens is 313 g/mol. The minimum absolute atomic E-state index is 0.147. The number of aromatic nitrogens is 2. The topological polar surface area (TPSA) is 73.0 Å². The molecule has 0 spiro atoms. The molecule has 0 saturated carbocycles. The van der Waals surface area contributed by atoms with Crippen LogP contribution in [0.2, 0.25) is 0 Å².